The molecule has 0 fully saturated rings. The Balaban J connectivity index is 1.61. The second kappa shape index (κ2) is 7.60. The van der Waals surface area contributed by atoms with E-state index in [0.717, 1.165) is 35.3 Å². The number of amides is 2. The molecule has 3 rings (SSSR count). The van der Waals surface area contributed by atoms with Crippen molar-refractivity contribution in [3.8, 4) is 5.75 Å². The molecule has 2 aromatic rings. The SMILES string of the molecule is CC(=O)N1CCc2ccc(NC(=O)COc3cc(C)cc(C)c3)cc2C1. The monoisotopic (exact) mass is 352 g/mol. The Hall–Kier alpha value is -2.82. The average molecular weight is 352 g/mol. The summed E-state index contributed by atoms with van der Waals surface area (Å²) in [6.07, 6.45) is 0.846. The zero-order chi connectivity index (χ0) is 18.7. The topological polar surface area (TPSA) is 58.6 Å². The minimum Gasteiger partial charge on any atom is -0.484 e. The van der Waals surface area contributed by atoms with Gasteiger partial charge < -0.3 is 15.0 Å². The fourth-order valence-corrected chi connectivity index (χ4v) is 3.27. The lowest BCUT2D eigenvalue weighted by molar-refractivity contribution is -0.129. The van der Waals surface area contributed by atoms with Crippen LogP contribution in [0, 0.1) is 13.8 Å². The van der Waals surface area contributed by atoms with Gasteiger partial charge in [0.25, 0.3) is 5.91 Å². The first-order valence-corrected chi connectivity index (χ1v) is 8.79. The molecule has 0 aromatic heterocycles. The van der Waals surface area contributed by atoms with E-state index >= 15 is 0 Å². The number of carbonyl (C=O) groups is 2. The predicted molar refractivity (Wildman–Crippen MR) is 101 cm³/mol. The molecule has 0 atom stereocenters. The van der Waals surface area contributed by atoms with Crippen LogP contribution in [-0.2, 0) is 22.6 Å². The number of anilines is 1. The van der Waals surface area contributed by atoms with Crippen molar-refractivity contribution >= 4 is 17.5 Å². The Morgan fingerprint density at radius 3 is 2.50 bits per heavy atom. The zero-order valence-electron chi connectivity index (χ0n) is 15.5. The van der Waals surface area contributed by atoms with Gasteiger partial charge in [0.05, 0.1) is 0 Å². The number of ether oxygens (including phenoxy) is 1. The Bertz CT molecular complexity index is 825. The maximum atomic E-state index is 12.2. The minimum atomic E-state index is -0.205. The summed E-state index contributed by atoms with van der Waals surface area (Å²) in [6.45, 7) is 6.88. The van der Waals surface area contributed by atoms with Gasteiger partial charge in [0.15, 0.2) is 6.61 Å². The van der Waals surface area contributed by atoms with Crippen molar-refractivity contribution in [1.29, 1.82) is 0 Å². The van der Waals surface area contributed by atoms with E-state index in [2.05, 4.69) is 11.4 Å². The molecule has 0 bridgehead atoms. The third-order valence-electron chi connectivity index (χ3n) is 4.51. The molecule has 0 saturated carbocycles. The third-order valence-corrected chi connectivity index (χ3v) is 4.51. The van der Waals surface area contributed by atoms with Gasteiger partial charge in [0.1, 0.15) is 5.75 Å². The first-order valence-electron chi connectivity index (χ1n) is 8.79. The molecule has 1 heterocycles. The summed E-state index contributed by atoms with van der Waals surface area (Å²) in [4.78, 5) is 25.6. The molecule has 1 aliphatic heterocycles. The van der Waals surface area contributed by atoms with E-state index in [1.165, 1.54) is 5.56 Å². The normalized spacial score (nSPS) is 13.1. The number of nitrogens with one attached hydrogen (secondary N) is 1. The molecule has 1 N–H and O–H groups in total. The molecule has 2 amide bonds. The number of fused-ring (bicyclic) bond motifs is 1. The van der Waals surface area contributed by atoms with E-state index in [9.17, 15) is 9.59 Å². The lowest BCUT2D eigenvalue weighted by Crippen LogP contribution is -2.34. The van der Waals surface area contributed by atoms with Crippen LogP contribution in [0.4, 0.5) is 5.69 Å². The predicted octanol–water partition coefficient (Wildman–Crippen LogP) is 3.23. The van der Waals surface area contributed by atoms with Crippen LogP contribution in [0.2, 0.25) is 0 Å². The number of rotatable bonds is 4. The van der Waals surface area contributed by atoms with Crippen molar-refractivity contribution < 1.29 is 14.3 Å². The highest BCUT2D eigenvalue weighted by molar-refractivity contribution is 5.92. The number of hydrogen-bond donors (Lipinski definition) is 1. The van der Waals surface area contributed by atoms with Gasteiger partial charge in [-0.2, -0.15) is 0 Å². The van der Waals surface area contributed by atoms with Gasteiger partial charge in [0, 0.05) is 25.7 Å². The fourth-order valence-electron chi connectivity index (χ4n) is 3.27. The van der Waals surface area contributed by atoms with Crippen LogP contribution in [-0.4, -0.2) is 29.9 Å². The molecule has 0 saturated heterocycles. The van der Waals surface area contributed by atoms with Gasteiger partial charge in [-0.1, -0.05) is 12.1 Å². The van der Waals surface area contributed by atoms with Crippen LogP contribution in [0.15, 0.2) is 36.4 Å². The minimum absolute atomic E-state index is 0.0421. The Morgan fingerprint density at radius 2 is 1.81 bits per heavy atom. The van der Waals surface area contributed by atoms with Crippen LogP contribution in [0.5, 0.6) is 5.75 Å². The summed E-state index contributed by atoms with van der Waals surface area (Å²) in [5, 5.41) is 2.87. The van der Waals surface area contributed by atoms with Crippen molar-refractivity contribution in [2.75, 3.05) is 18.5 Å². The number of benzene rings is 2. The molecule has 5 nitrogen and oxygen atoms in total. The maximum absolute atomic E-state index is 12.2. The van der Waals surface area contributed by atoms with E-state index in [0.29, 0.717) is 12.3 Å². The highest BCUT2D eigenvalue weighted by Gasteiger charge is 2.18. The molecule has 0 radical (unpaired) electrons. The van der Waals surface area contributed by atoms with E-state index < -0.39 is 0 Å². The highest BCUT2D eigenvalue weighted by Crippen LogP contribution is 2.23. The highest BCUT2D eigenvalue weighted by atomic mass is 16.5. The quantitative estimate of drug-likeness (QED) is 0.919. The summed E-state index contributed by atoms with van der Waals surface area (Å²) in [7, 11) is 0. The lowest BCUT2D eigenvalue weighted by Gasteiger charge is -2.28. The molecule has 0 aliphatic carbocycles. The van der Waals surface area contributed by atoms with Crippen LogP contribution >= 0.6 is 0 Å². The molecule has 136 valence electrons. The van der Waals surface area contributed by atoms with Crippen molar-refractivity contribution in [3.05, 3.63) is 58.7 Å². The first-order chi connectivity index (χ1) is 12.4. The van der Waals surface area contributed by atoms with Gasteiger partial charge >= 0.3 is 0 Å². The van der Waals surface area contributed by atoms with Crippen LogP contribution in [0.1, 0.15) is 29.2 Å². The molecule has 2 aromatic carbocycles. The van der Waals surface area contributed by atoms with Crippen LogP contribution in [0.25, 0.3) is 0 Å². The number of nitrogens with zero attached hydrogens (tertiary/aromatic N) is 1. The summed E-state index contributed by atoms with van der Waals surface area (Å²) in [6, 6.07) is 11.7. The van der Waals surface area contributed by atoms with E-state index in [4.69, 9.17) is 4.74 Å². The molecular weight excluding hydrogens is 328 g/mol. The number of hydrogen-bond acceptors (Lipinski definition) is 3. The van der Waals surface area contributed by atoms with Crippen LogP contribution in [0.3, 0.4) is 0 Å². The number of carbonyl (C=O) groups excluding carboxylic acids is 2. The molecule has 1 aliphatic rings. The van der Waals surface area contributed by atoms with E-state index in [1.54, 1.807) is 6.92 Å². The fraction of sp³-hybridized carbons (Fsp3) is 0.333. The van der Waals surface area contributed by atoms with Gasteiger partial charge in [0.2, 0.25) is 5.91 Å². The number of aryl methyl sites for hydroxylation is 2. The zero-order valence-corrected chi connectivity index (χ0v) is 15.5. The molecule has 5 heteroatoms. The van der Waals surface area contributed by atoms with Gasteiger partial charge in [-0.05, 0) is 66.8 Å². The van der Waals surface area contributed by atoms with Crippen molar-refractivity contribution in [2.24, 2.45) is 0 Å². The van der Waals surface area contributed by atoms with Crippen LogP contribution < -0.4 is 10.1 Å². The van der Waals surface area contributed by atoms with Crippen molar-refractivity contribution in [3.63, 3.8) is 0 Å². The second-order valence-corrected chi connectivity index (χ2v) is 6.83. The van der Waals surface area contributed by atoms with Gasteiger partial charge in [-0.25, -0.2) is 0 Å². The average Bonchev–Trinajstić information content (AvgIpc) is 2.58. The summed E-state index contributed by atoms with van der Waals surface area (Å²) >= 11 is 0. The van der Waals surface area contributed by atoms with E-state index in [1.807, 2.05) is 49.1 Å². The van der Waals surface area contributed by atoms with Gasteiger partial charge in [-0.3, -0.25) is 9.59 Å². The summed E-state index contributed by atoms with van der Waals surface area (Å²) in [5.74, 6) is 0.565. The summed E-state index contributed by atoms with van der Waals surface area (Å²) in [5.41, 5.74) is 5.24. The third kappa shape index (κ3) is 4.42. The molecule has 0 spiro atoms. The Kier molecular flexibility index (Phi) is 5.26. The van der Waals surface area contributed by atoms with E-state index in [-0.39, 0.29) is 18.4 Å². The first kappa shape index (κ1) is 18.0. The standard InChI is InChI=1S/C21H24N2O3/c1-14-8-15(2)10-20(9-14)26-13-21(25)22-19-5-4-17-6-7-23(16(3)24)12-18(17)11-19/h4-5,8-11H,6-7,12-13H2,1-3H3,(H,22,25). The Morgan fingerprint density at radius 1 is 1.08 bits per heavy atom. The maximum Gasteiger partial charge on any atom is 0.262 e. The smallest absolute Gasteiger partial charge is 0.262 e. The van der Waals surface area contributed by atoms with Gasteiger partial charge in [-0.15, -0.1) is 0 Å². The van der Waals surface area contributed by atoms with Crippen molar-refractivity contribution in [1.82, 2.24) is 4.90 Å². The second-order valence-electron chi connectivity index (χ2n) is 6.83. The van der Waals surface area contributed by atoms with Crippen molar-refractivity contribution in [2.45, 2.75) is 33.7 Å². The molecule has 26 heavy (non-hydrogen) atoms. The Labute approximate surface area is 154 Å². The molecule has 0 unspecified atom stereocenters. The molecular formula is C21H24N2O3. The lowest BCUT2D eigenvalue weighted by atomic mass is 9.99. The summed E-state index contributed by atoms with van der Waals surface area (Å²) < 4.78 is 5.60. The largest absolute Gasteiger partial charge is 0.484 e.